The first-order chi connectivity index (χ1) is 8.39. The number of esters is 1. The highest BCUT2D eigenvalue weighted by atomic mass is 32.1. The van der Waals surface area contributed by atoms with Crippen LogP contribution in [0.1, 0.15) is 25.1 Å². The minimum atomic E-state index is -0.791. The van der Waals surface area contributed by atoms with Crippen LogP contribution in [0.3, 0.4) is 0 Å². The molecule has 1 aromatic rings. The van der Waals surface area contributed by atoms with Gasteiger partial charge in [0, 0.05) is 11.3 Å². The van der Waals surface area contributed by atoms with Gasteiger partial charge in [0.05, 0.1) is 6.42 Å². The zero-order valence-electron chi connectivity index (χ0n) is 10.2. The van der Waals surface area contributed by atoms with Crippen LogP contribution in [0.15, 0.2) is 28.8 Å². The number of thiophene rings is 1. The van der Waals surface area contributed by atoms with Gasteiger partial charge in [-0.2, -0.15) is 0 Å². The molecular weight excluding hydrogens is 252 g/mol. The van der Waals surface area contributed by atoms with Crippen LogP contribution in [0.2, 0.25) is 0 Å². The smallest absolute Gasteiger partial charge is 0.345 e. The van der Waals surface area contributed by atoms with Gasteiger partial charge in [0.15, 0.2) is 5.78 Å². The van der Waals surface area contributed by atoms with Crippen molar-refractivity contribution in [1.29, 1.82) is 0 Å². The van der Waals surface area contributed by atoms with E-state index in [1.54, 1.807) is 13.8 Å². The third-order valence-electron chi connectivity index (χ3n) is 2.65. The van der Waals surface area contributed by atoms with Gasteiger partial charge in [-0.15, -0.1) is 11.3 Å². The molecule has 1 saturated heterocycles. The van der Waals surface area contributed by atoms with Gasteiger partial charge in [0.2, 0.25) is 0 Å². The number of allylic oxidation sites excluding steroid dienone is 1. The van der Waals surface area contributed by atoms with Crippen molar-refractivity contribution in [2.24, 2.45) is 0 Å². The van der Waals surface area contributed by atoms with Gasteiger partial charge in [-0.3, -0.25) is 4.79 Å². The second kappa shape index (κ2) is 4.57. The van der Waals surface area contributed by atoms with Gasteiger partial charge in [-0.05, 0) is 25.3 Å². The molecular formula is C13H14O4S. The largest absolute Gasteiger partial charge is 0.511 e. The molecule has 0 aliphatic carbocycles. The lowest BCUT2D eigenvalue weighted by atomic mass is 9.92. The van der Waals surface area contributed by atoms with Gasteiger partial charge < -0.3 is 9.84 Å². The molecule has 0 atom stereocenters. The van der Waals surface area contributed by atoms with Crippen molar-refractivity contribution in [1.82, 2.24) is 0 Å². The minimum Gasteiger partial charge on any atom is -0.511 e. The minimum absolute atomic E-state index is 0.0998. The number of rotatable bonds is 2. The van der Waals surface area contributed by atoms with Gasteiger partial charge in [0.1, 0.15) is 16.9 Å². The molecule has 0 radical (unpaired) electrons. The van der Waals surface area contributed by atoms with Crippen LogP contribution in [0.25, 0.3) is 0 Å². The van der Waals surface area contributed by atoms with Gasteiger partial charge in [0.25, 0.3) is 0 Å². The van der Waals surface area contributed by atoms with E-state index in [1.165, 1.54) is 11.3 Å². The molecule has 1 aliphatic heterocycles. The predicted octanol–water partition coefficient (Wildman–Crippen LogP) is 2.40. The molecule has 0 unspecified atom stereocenters. The van der Waals surface area contributed by atoms with Crippen molar-refractivity contribution in [3.8, 4) is 0 Å². The number of aliphatic hydroxyl groups excluding tert-OH is 1. The van der Waals surface area contributed by atoms with Crippen LogP contribution < -0.4 is 0 Å². The van der Waals surface area contributed by atoms with Crippen LogP contribution in [0.4, 0.5) is 0 Å². The zero-order valence-corrected chi connectivity index (χ0v) is 11.0. The summed E-state index contributed by atoms with van der Waals surface area (Å²) in [6.07, 6.45) is 0.289. The Morgan fingerprint density at radius 1 is 1.50 bits per heavy atom. The van der Waals surface area contributed by atoms with Gasteiger partial charge in [-0.1, -0.05) is 6.07 Å². The quantitative estimate of drug-likeness (QED) is 0.386. The van der Waals surface area contributed by atoms with Crippen molar-refractivity contribution < 1.29 is 19.4 Å². The average molecular weight is 266 g/mol. The molecule has 1 aliphatic rings. The second-order valence-corrected chi connectivity index (χ2v) is 5.86. The number of Topliss-reactive ketones (excluding diaryl/α,β-unsaturated/α-hetero) is 1. The number of carbonyl (C=O) groups excluding carboxylic acids is 2. The van der Waals surface area contributed by atoms with E-state index in [4.69, 9.17) is 4.74 Å². The van der Waals surface area contributed by atoms with Crippen LogP contribution in [0.5, 0.6) is 0 Å². The molecule has 0 spiro atoms. The number of cyclic esters (lactones) is 1. The third kappa shape index (κ3) is 2.61. The number of hydrogen-bond acceptors (Lipinski definition) is 5. The van der Waals surface area contributed by atoms with Crippen molar-refractivity contribution in [2.45, 2.75) is 32.3 Å². The maximum absolute atomic E-state index is 11.9. The summed E-state index contributed by atoms with van der Waals surface area (Å²) < 4.78 is 5.12. The molecule has 96 valence electrons. The first-order valence-electron chi connectivity index (χ1n) is 5.60. The molecule has 0 saturated carbocycles. The van der Waals surface area contributed by atoms with E-state index < -0.39 is 11.6 Å². The van der Waals surface area contributed by atoms with E-state index in [-0.39, 0.29) is 30.0 Å². The summed E-state index contributed by atoms with van der Waals surface area (Å²) in [6, 6.07) is 3.69. The summed E-state index contributed by atoms with van der Waals surface area (Å²) in [5.74, 6) is -1.29. The Balaban J connectivity index is 2.26. The highest BCUT2D eigenvalue weighted by molar-refractivity contribution is 7.09. The van der Waals surface area contributed by atoms with Gasteiger partial charge >= 0.3 is 5.97 Å². The van der Waals surface area contributed by atoms with Crippen LogP contribution in [-0.2, 0) is 20.7 Å². The van der Waals surface area contributed by atoms with Crippen molar-refractivity contribution in [3.63, 3.8) is 0 Å². The fourth-order valence-corrected chi connectivity index (χ4v) is 2.58. The Morgan fingerprint density at radius 3 is 2.78 bits per heavy atom. The maximum atomic E-state index is 11.9. The van der Waals surface area contributed by atoms with E-state index >= 15 is 0 Å². The topological polar surface area (TPSA) is 63.6 Å². The summed E-state index contributed by atoms with van der Waals surface area (Å²) in [5, 5.41) is 11.8. The molecule has 4 nitrogen and oxygen atoms in total. The number of aliphatic hydroxyl groups is 1. The lowest BCUT2D eigenvalue weighted by Gasteiger charge is -2.29. The van der Waals surface area contributed by atoms with Crippen molar-refractivity contribution >= 4 is 23.1 Å². The summed E-state index contributed by atoms with van der Waals surface area (Å²) in [4.78, 5) is 24.5. The Morgan fingerprint density at radius 2 is 2.22 bits per heavy atom. The number of carbonyl (C=O) groups is 2. The molecule has 1 fully saturated rings. The molecule has 1 N–H and O–H groups in total. The molecule has 18 heavy (non-hydrogen) atoms. The molecule has 0 amide bonds. The monoisotopic (exact) mass is 266 g/mol. The van der Waals surface area contributed by atoms with E-state index in [2.05, 4.69) is 0 Å². The van der Waals surface area contributed by atoms with Gasteiger partial charge in [-0.25, -0.2) is 4.79 Å². The highest BCUT2D eigenvalue weighted by Crippen LogP contribution is 2.27. The molecule has 0 bridgehead atoms. The number of ether oxygens (including phenoxy) is 1. The Labute approximate surface area is 109 Å². The van der Waals surface area contributed by atoms with Crippen LogP contribution in [0, 0.1) is 0 Å². The fraction of sp³-hybridized carbons (Fsp3) is 0.385. The standard InChI is InChI=1S/C13H14O4S/c1-13(2)7-10(15)11(12(16)17-13)9(14)6-8-4-3-5-18-8/h3-5,14H,6-7H2,1-2H3/b11-9+. The number of hydrogen-bond donors (Lipinski definition) is 1. The Bertz CT molecular complexity index is 489. The molecule has 5 heteroatoms. The summed E-state index contributed by atoms with van der Waals surface area (Å²) in [7, 11) is 0. The summed E-state index contributed by atoms with van der Waals surface area (Å²) in [5.41, 5.74) is -0.997. The third-order valence-corrected chi connectivity index (χ3v) is 3.52. The molecule has 1 aromatic heterocycles. The lowest BCUT2D eigenvalue weighted by Crippen LogP contribution is -2.39. The Hall–Kier alpha value is -1.62. The number of ketones is 1. The first-order valence-corrected chi connectivity index (χ1v) is 6.48. The summed E-state index contributed by atoms with van der Waals surface area (Å²) >= 11 is 1.46. The fourth-order valence-electron chi connectivity index (χ4n) is 1.87. The second-order valence-electron chi connectivity index (χ2n) is 4.83. The van der Waals surface area contributed by atoms with Crippen LogP contribution >= 0.6 is 11.3 Å². The molecule has 0 aromatic carbocycles. The average Bonchev–Trinajstić information content (AvgIpc) is 2.66. The highest BCUT2D eigenvalue weighted by Gasteiger charge is 2.39. The lowest BCUT2D eigenvalue weighted by molar-refractivity contribution is -0.159. The van der Waals surface area contributed by atoms with E-state index in [1.807, 2.05) is 17.5 Å². The zero-order chi connectivity index (χ0) is 13.3. The predicted molar refractivity (Wildman–Crippen MR) is 67.5 cm³/mol. The van der Waals surface area contributed by atoms with E-state index in [0.29, 0.717) is 0 Å². The van der Waals surface area contributed by atoms with Crippen molar-refractivity contribution in [2.75, 3.05) is 0 Å². The van der Waals surface area contributed by atoms with E-state index in [0.717, 1.165) is 4.88 Å². The first kappa shape index (κ1) is 12.8. The van der Waals surface area contributed by atoms with Crippen LogP contribution in [-0.4, -0.2) is 22.5 Å². The Kier molecular flexibility index (Phi) is 3.26. The molecule has 2 rings (SSSR count). The van der Waals surface area contributed by atoms with E-state index in [9.17, 15) is 14.7 Å². The SMILES string of the molecule is CC1(C)CC(=O)/C(=C(\O)Cc2cccs2)C(=O)O1. The normalized spacial score (nSPS) is 21.7. The maximum Gasteiger partial charge on any atom is 0.345 e. The van der Waals surface area contributed by atoms with Crippen molar-refractivity contribution in [3.05, 3.63) is 33.7 Å². The molecule has 2 heterocycles. The summed E-state index contributed by atoms with van der Waals surface area (Å²) in [6.45, 7) is 3.35.